The van der Waals surface area contributed by atoms with Crippen molar-refractivity contribution in [2.75, 3.05) is 6.61 Å². The molecular formula is C23H22N4O7. The van der Waals surface area contributed by atoms with Gasteiger partial charge in [-0.05, 0) is 44.5 Å². The molecule has 2 aliphatic rings. The van der Waals surface area contributed by atoms with Crippen LogP contribution in [0.1, 0.15) is 55.3 Å². The highest BCUT2D eigenvalue weighted by molar-refractivity contribution is 6.23. The molecule has 5 amide bonds. The van der Waals surface area contributed by atoms with E-state index in [4.69, 9.17) is 10.5 Å². The van der Waals surface area contributed by atoms with E-state index >= 15 is 0 Å². The molecule has 2 aliphatic heterocycles. The van der Waals surface area contributed by atoms with E-state index in [1.165, 1.54) is 18.2 Å². The summed E-state index contributed by atoms with van der Waals surface area (Å²) in [6.45, 7) is 3.08. The number of carbonyl (C=O) groups excluding carboxylic acids is 6. The highest BCUT2D eigenvalue weighted by Crippen LogP contribution is 2.30. The zero-order valence-corrected chi connectivity index (χ0v) is 18.5. The summed E-state index contributed by atoms with van der Waals surface area (Å²) in [6.07, 6.45) is 0.0858. The average Bonchev–Trinajstić information content (AvgIpc) is 3.19. The molecule has 2 aromatic rings. The molecule has 0 saturated carbocycles. The Balaban J connectivity index is 1.49. The minimum atomic E-state index is -1.06. The van der Waals surface area contributed by atoms with E-state index in [1.807, 2.05) is 0 Å². The van der Waals surface area contributed by atoms with Gasteiger partial charge in [-0.15, -0.1) is 0 Å². The Labute approximate surface area is 193 Å². The highest BCUT2D eigenvalue weighted by atomic mass is 16.5. The number of rotatable bonds is 7. The number of ether oxygens (including phenoxy) is 1. The number of ketones is 1. The molecular weight excluding hydrogens is 444 g/mol. The van der Waals surface area contributed by atoms with Gasteiger partial charge in [0.1, 0.15) is 18.3 Å². The van der Waals surface area contributed by atoms with Gasteiger partial charge in [0.15, 0.2) is 6.61 Å². The number of aromatic nitrogens is 1. The monoisotopic (exact) mass is 466 g/mol. The number of Topliss-reactive ketones (excluding diaryl/α,β-unsaturated/α-hetero) is 1. The van der Waals surface area contributed by atoms with Crippen molar-refractivity contribution in [1.82, 2.24) is 14.8 Å². The Kier molecular flexibility index (Phi) is 5.78. The van der Waals surface area contributed by atoms with E-state index in [0.717, 1.165) is 4.90 Å². The standard InChI is InChI=1S/C23H22N4O7/c1-11-7-15(12(2)26(11)9-19(24)29)18(28)10-34-13-3-4-14-16(8-13)23(33)27(22(14)32)17-5-6-20(30)25-21(17)31/h3-4,7-8,17H,5-6,9-10H2,1-2H3,(H2,24,29)(H,25,30,31). The Morgan fingerprint density at radius 2 is 1.79 bits per heavy atom. The highest BCUT2D eigenvalue weighted by Gasteiger charge is 2.44. The van der Waals surface area contributed by atoms with Gasteiger partial charge < -0.3 is 15.0 Å². The molecule has 176 valence electrons. The Bertz CT molecular complexity index is 1280. The number of fused-ring (bicyclic) bond motifs is 1. The molecule has 0 spiro atoms. The van der Waals surface area contributed by atoms with Crippen LogP contribution in [0.5, 0.6) is 5.75 Å². The second-order valence-corrected chi connectivity index (χ2v) is 8.20. The van der Waals surface area contributed by atoms with Crippen LogP contribution in [0.25, 0.3) is 0 Å². The predicted molar refractivity (Wildman–Crippen MR) is 116 cm³/mol. The van der Waals surface area contributed by atoms with Gasteiger partial charge in [0.2, 0.25) is 23.5 Å². The summed E-state index contributed by atoms with van der Waals surface area (Å²) in [4.78, 5) is 74.0. The van der Waals surface area contributed by atoms with E-state index in [-0.39, 0.29) is 48.7 Å². The zero-order chi connectivity index (χ0) is 24.7. The van der Waals surface area contributed by atoms with E-state index in [1.54, 1.807) is 24.5 Å². The average molecular weight is 466 g/mol. The lowest BCUT2D eigenvalue weighted by atomic mass is 10.0. The predicted octanol–water partition coefficient (Wildman–Crippen LogP) is 0.253. The molecule has 0 aliphatic carbocycles. The van der Waals surface area contributed by atoms with Crippen LogP contribution in [0.4, 0.5) is 0 Å². The van der Waals surface area contributed by atoms with Crippen LogP contribution in [0, 0.1) is 13.8 Å². The van der Waals surface area contributed by atoms with Crippen molar-refractivity contribution in [2.45, 2.75) is 39.3 Å². The maximum absolute atomic E-state index is 12.9. The minimum absolute atomic E-state index is 0.0281. The number of piperidine rings is 1. The fraction of sp³-hybridized carbons (Fsp3) is 0.304. The first-order valence-electron chi connectivity index (χ1n) is 10.5. The molecule has 0 bridgehead atoms. The van der Waals surface area contributed by atoms with E-state index < -0.39 is 35.6 Å². The summed E-state index contributed by atoms with van der Waals surface area (Å²) in [5.74, 6) is -3.10. The van der Waals surface area contributed by atoms with Crippen LogP contribution in [0.2, 0.25) is 0 Å². The van der Waals surface area contributed by atoms with Gasteiger partial charge in [0, 0.05) is 23.4 Å². The van der Waals surface area contributed by atoms with E-state index in [9.17, 15) is 28.8 Å². The van der Waals surface area contributed by atoms with Gasteiger partial charge in [-0.25, -0.2) is 0 Å². The third-order valence-corrected chi connectivity index (χ3v) is 5.97. The summed E-state index contributed by atoms with van der Waals surface area (Å²) in [5, 5.41) is 2.14. The summed E-state index contributed by atoms with van der Waals surface area (Å²) in [6, 6.07) is 4.80. The molecule has 11 nitrogen and oxygen atoms in total. The lowest BCUT2D eigenvalue weighted by molar-refractivity contribution is -0.136. The number of nitrogens with two attached hydrogens (primary N) is 1. The molecule has 34 heavy (non-hydrogen) atoms. The molecule has 1 fully saturated rings. The van der Waals surface area contributed by atoms with E-state index in [0.29, 0.717) is 17.0 Å². The fourth-order valence-corrected chi connectivity index (χ4v) is 4.25. The van der Waals surface area contributed by atoms with E-state index in [2.05, 4.69) is 5.32 Å². The quantitative estimate of drug-likeness (QED) is 0.437. The number of primary amides is 1. The normalized spacial score (nSPS) is 17.6. The number of hydrogen-bond acceptors (Lipinski definition) is 7. The summed E-state index contributed by atoms with van der Waals surface area (Å²) < 4.78 is 7.21. The molecule has 11 heteroatoms. The van der Waals surface area contributed by atoms with Gasteiger partial charge in [-0.1, -0.05) is 0 Å². The van der Waals surface area contributed by atoms with Crippen molar-refractivity contribution in [3.8, 4) is 5.75 Å². The third-order valence-electron chi connectivity index (χ3n) is 5.97. The molecule has 1 atom stereocenters. The van der Waals surface area contributed by atoms with Gasteiger partial charge in [-0.3, -0.25) is 39.0 Å². The van der Waals surface area contributed by atoms with Crippen LogP contribution in [0.3, 0.4) is 0 Å². The number of hydrogen-bond donors (Lipinski definition) is 2. The molecule has 3 N–H and O–H groups in total. The Morgan fingerprint density at radius 1 is 1.09 bits per heavy atom. The Morgan fingerprint density at radius 3 is 2.47 bits per heavy atom. The van der Waals surface area contributed by atoms with Crippen molar-refractivity contribution in [3.05, 3.63) is 52.3 Å². The van der Waals surface area contributed by atoms with Gasteiger partial charge in [0.05, 0.1) is 11.1 Å². The number of amides is 5. The molecule has 0 radical (unpaired) electrons. The first kappa shape index (κ1) is 22.9. The van der Waals surface area contributed by atoms with Gasteiger partial charge in [0.25, 0.3) is 11.8 Å². The summed E-state index contributed by atoms with van der Waals surface area (Å²) >= 11 is 0. The van der Waals surface area contributed by atoms with Crippen molar-refractivity contribution in [1.29, 1.82) is 0 Å². The molecule has 1 aromatic heterocycles. The fourth-order valence-electron chi connectivity index (χ4n) is 4.25. The molecule has 1 unspecified atom stereocenters. The van der Waals surface area contributed by atoms with Gasteiger partial charge in [-0.2, -0.15) is 0 Å². The van der Waals surface area contributed by atoms with Gasteiger partial charge >= 0.3 is 0 Å². The molecule has 1 saturated heterocycles. The third kappa shape index (κ3) is 3.96. The smallest absolute Gasteiger partial charge is 0.262 e. The van der Waals surface area contributed by atoms with Crippen LogP contribution in [0.15, 0.2) is 24.3 Å². The van der Waals surface area contributed by atoms with Crippen molar-refractivity contribution >= 4 is 35.3 Å². The van der Waals surface area contributed by atoms with Crippen molar-refractivity contribution in [2.24, 2.45) is 5.73 Å². The largest absolute Gasteiger partial charge is 0.485 e. The zero-order valence-electron chi connectivity index (χ0n) is 18.5. The number of nitrogens with zero attached hydrogens (tertiary/aromatic N) is 2. The van der Waals surface area contributed by atoms with Crippen LogP contribution in [-0.4, -0.2) is 57.4 Å². The number of aryl methyl sites for hydroxylation is 1. The topological polar surface area (TPSA) is 158 Å². The lowest BCUT2D eigenvalue weighted by Crippen LogP contribution is -2.54. The van der Waals surface area contributed by atoms with Crippen molar-refractivity contribution < 1.29 is 33.5 Å². The van der Waals surface area contributed by atoms with Crippen molar-refractivity contribution in [3.63, 3.8) is 0 Å². The maximum Gasteiger partial charge on any atom is 0.262 e. The van der Waals surface area contributed by atoms with Crippen LogP contribution >= 0.6 is 0 Å². The van der Waals surface area contributed by atoms with Crippen LogP contribution < -0.4 is 15.8 Å². The minimum Gasteiger partial charge on any atom is -0.485 e. The second kappa shape index (κ2) is 8.58. The summed E-state index contributed by atoms with van der Waals surface area (Å²) in [7, 11) is 0. The SMILES string of the molecule is Cc1cc(C(=O)COc2ccc3c(c2)C(=O)N(C2CCC(=O)NC2=O)C3=O)c(C)n1CC(N)=O. The first-order valence-corrected chi connectivity index (χ1v) is 10.5. The first-order chi connectivity index (χ1) is 16.1. The Hall–Kier alpha value is -4.28. The number of imide groups is 2. The molecule has 4 rings (SSSR count). The summed E-state index contributed by atoms with van der Waals surface area (Å²) in [5.41, 5.74) is 7.10. The number of nitrogens with one attached hydrogen (secondary N) is 1. The van der Waals surface area contributed by atoms with Crippen LogP contribution in [-0.2, 0) is 20.9 Å². The molecule has 3 heterocycles. The molecule has 1 aromatic carbocycles. The lowest BCUT2D eigenvalue weighted by Gasteiger charge is -2.27. The maximum atomic E-state index is 12.9. The second-order valence-electron chi connectivity index (χ2n) is 8.20. The number of benzene rings is 1. The number of carbonyl (C=O) groups is 6.